The van der Waals surface area contributed by atoms with Gasteiger partial charge in [-0.25, -0.2) is 0 Å². The van der Waals surface area contributed by atoms with Crippen LogP contribution < -0.4 is 0 Å². The Balaban J connectivity index is 0. The molecule has 0 spiro atoms. The first-order chi connectivity index (χ1) is 3.15. The van der Waals surface area contributed by atoms with Crippen molar-refractivity contribution in [3.05, 3.63) is 0 Å². The summed E-state index contributed by atoms with van der Waals surface area (Å²) in [7, 11) is 7.30. The predicted octanol–water partition coefficient (Wildman–Crippen LogP) is -0.675. The summed E-state index contributed by atoms with van der Waals surface area (Å²) in [4.78, 5) is 0. The van der Waals surface area contributed by atoms with Crippen molar-refractivity contribution in [2.24, 2.45) is 0 Å². The fourth-order valence-corrected chi connectivity index (χ4v) is 0. The van der Waals surface area contributed by atoms with Crippen molar-refractivity contribution in [3.8, 4) is 0 Å². The molecule has 0 unspecified atom stereocenters. The van der Waals surface area contributed by atoms with Crippen molar-refractivity contribution >= 4 is 27.6 Å². The first kappa shape index (κ1) is 10.9. The summed E-state index contributed by atoms with van der Waals surface area (Å²) in [5.41, 5.74) is 0. The van der Waals surface area contributed by atoms with Gasteiger partial charge in [-0.15, -0.1) is 0 Å². The van der Waals surface area contributed by atoms with Crippen LogP contribution in [0.5, 0.6) is 0 Å². The van der Waals surface area contributed by atoms with E-state index in [2.05, 4.69) is 0 Å². The van der Waals surface area contributed by atoms with Gasteiger partial charge in [0.25, 0.3) is 0 Å². The second kappa shape index (κ2) is 10.1. The van der Waals surface area contributed by atoms with E-state index in [1.807, 2.05) is 0 Å². The summed E-state index contributed by atoms with van der Waals surface area (Å²) in [5, 5.41) is 21.5. The van der Waals surface area contributed by atoms with E-state index in [4.69, 9.17) is 35.4 Å². The van der Waals surface area contributed by atoms with Crippen LogP contribution in [-0.4, -0.2) is 22.4 Å². The van der Waals surface area contributed by atoms with Crippen LogP contribution in [-0.2, 0) is 12.9 Å². The van der Waals surface area contributed by atoms with E-state index in [1.54, 1.807) is 0 Å². The van der Waals surface area contributed by atoms with E-state index in [0.717, 1.165) is 0 Å². The van der Waals surface area contributed by atoms with Crippen molar-refractivity contribution in [2.45, 2.75) is 0 Å². The molecule has 0 saturated heterocycles. The zero-order valence-electron chi connectivity index (χ0n) is 3.01. The molecule has 0 aromatic rings. The Morgan fingerprint density at radius 3 is 1.14 bits per heavy atom. The molecule has 0 saturated carbocycles. The molecule has 0 atom stereocenters. The molecule has 0 bridgehead atoms. The van der Waals surface area contributed by atoms with Gasteiger partial charge in [-0.2, -0.15) is 0 Å². The molecule has 0 aliphatic rings. The van der Waals surface area contributed by atoms with Crippen molar-refractivity contribution in [2.75, 3.05) is 0 Å². The summed E-state index contributed by atoms with van der Waals surface area (Å²) >= 11 is 0.382. The monoisotopic (exact) mass is 191 g/mol. The molecule has 0 amide bonds. The topological polar surface area (TPSA) is 60.7 Å². The second-order valence-corrected chi connectivity index (χ2v) is 2.11. The van der Waals surface area contributed by atoms with Gasteiger partial charge >= 0.3 is 40.5 Å². The molecule has 0 aliphatic heterocycles. The van der Waals surface area contributed by atoms with Gasteiger partial charge in [-0.3, -0.25) is 0 Å². The van der Waals surface area contributed by atoms with E-state index < -0.39 is 7.32 Å². The average Bonchev–Trinajstić information content (AvgIpc) is 1.33. The number of halogens is 2. The molecule has 7 heavy (non-hydrogen) atoms. The fourth-order valence-electron chi connectivity index (χ4n) is 0. The summed E-state index contributed by atoms with van der Waals surface area (Å²) in [6, 6.07) is 0. The Bertz CT molecular complexity index is 24.1. The Morgan fingerprint density at radius 1 is 1.14 bits per heavy atom. The normalized spacial score (nSPS) is 7.00. The van der Waals surface area contributed by atoms with E-state index in [1.165, 1.54) is 0 Å². The second-order valence-electron chi connectivity index (χ2n) is 0.394. The molecule has 3 nitrogen and oxygen atoms in total. The molecular formula is H3BCl2CoO3. The van der Waals surface area contributed by atoms with Crippen LogP contribution in [0, 0.1) is 0 Å². The SMILES string of the molecule is OB(O)O.[Cl][Co][Cl]. The fraction of sp³-hybridized carbons (Fsp3) is 0. The molecule has 0 aromatic carbocycles. The van der Waals surface area contributed by atoms with Crippen LogP contribution in [0.15, 0.2) is 0 Å². The van der Waals surface area contributed by atoms with Crippen molar-refractivity contribution in [1.82, 2.24) is 0 Å². The van der Waals surface area contributed by atoms with Crippen LogP contribution in [0.4, 0.5) is 0 Å². The first-order valence-corrected chi connectivity index (χ1v) is 3.89. The van der Waals surface area contributed by atoms with Gasteiger partial charge in [0.2, 0.25) is 0 Å². The van der Waals surface area contributed by atoms with E-state index in [-0.39, 0.29) is 0 Å². The van der Waals surface area contributed by atoms with Crippen LogP contribution >= 0.6 is 20.3 Å². The maximum absolute atomic E-state index is 7.17. The molecule has 0 aromatic heterocycles. The molecule has 0 radical (unpaired) electrons. The maximum atomic E-state index is 7.17. The van der Waals surface area contributed by atoms with Crippen LogP contribution in [0.2, 0.25) is 0 Å². The Hall–Kier alpha value is 1.03. The first-order valence-electron chi connectivity index (χ1n) is 1.03. The quantitative estimate of drug-likeness (QED) is 0.445. The standard InChI is InChI=1S/BH3O3.2ClH.Co/c2-1(3)4;;;/h2-4H;2*1H;/q;;;+2/p-2. The zero-order chi connectivity index (χ0) is 6.28. The van der Waals surface area contributed by atoms with Crippen molar-refractivity contribution in [1.29, 1.82) is 0 Å². The van der Waals surface area contributed by atoms with E-state index >= 15 is 0 Å². The molecule has 0 fully saturated rings. The van der Waals surface area contributed by atoms with Crippen molar-refractivity contribution in [3.63, 3.8) is 0 Å². The third kappa shape index (κ3) is 167. The third-order valence-corrected chi connectivity index (χ3v) is 0. The molecule has 0 aliphatic carbocycles. The van der Waals surface area contributed by atoms with Crippen LogP contribution in [0.25, 0.3) is 0 Å². The number of hydrogen-bond donors (Lipinski definition) is 3. The van der Waals surface area contributed by atoms with Gasteiger partial charge in [-0.05, 0) is 0 Å². The number of rotatable bonds is 0. The molecule has 3 N–H and O–H groups in total. The Kier molecular flexibility index (Phi) is 15.8. The summed E-state index contributed by atoms with van der Waals surface area (Å²) < 4.78 is 0. The van der Waals surface area contributed by atoms with E-state index in [0.29, 0.717) is 12.9 Å². The predicted molar refractivity (Wildman–Crippen MR) is 24.1 cm³/mol. The molecule has 7 heteroatoms. The van der Waals surface area contributed by atoms with Crippen molar-refractivity contribution < 1.29 is 28.0 Å². The number of hydrogen-bond acceptors (Lipinski definition) is 3. The summed E-state index contributed by atoms with van der Waals surface area (Å²) in [6.45, 7) is 0. The molecule has 0 rings (SSSR count). The molecular weight excluding hydrogens is 189 g/mol. The molecule has 47 valence electrons. The minimum atomic E-state index is -2.17. The summed E-state index contributed by atoms with van der Waals surface area (Å²) in [5.74, 6) is 0. The van der Waals surface area contributed by atoms with Gasteiger partial charge in [-0.1, -0.05) is 0 Å². The van der Waals surface area contributed by atoms with Gasteiger partial charge in [0.05, 0.1) is 0 Å². The van der Waals surface area contributed by atoms with Gasteiger partial charge in [0.1, 0.15) is 0 Å². The van der Waals surface area contributed by atoms with Gasteiger partial charge in [0, 0.05) is 0 Å². The average molecular weight is 192 g/mol. The molecule has 0 heterocycles. The third-order valence-electron chi connectivity index (χ3n) is 0. The van der Waals surface area contributed by atoms with Gasteiger partial charge in [0.15, 0.2) is 0 Å². The zero-order valence-corrected chi connectivity index (χ0v) is 5.56. The Labute approximate surface area is 55.9 Å². The summed E-state index contributed by atoms with van der Waals surface area (Å²) in [6.07, 6.45) is 0. The van der Waals surface area contributed by atoms with Crippen LogP contribution in [0.3, 0.4) is 0 Å². The Morgan fingerprint density at radius 2 is 1.14 bits per heavy atom. The van der Waals surface area contributed by atoms with Gasteiger partial charge < -0.3 is 15.1 Å². The minimum absolute atomic E-state index is 0.382. The van der Waals surface area contributed by atoms with Crippen LogP contribution in [0.1, 0.15) is 0 Å². The van der Waals surface area contributed by atoms with E-state index in [9.17, 15) is 0 Å².